The normalized spacial score (nSPS) is 16.9. The summed E-state index contributed by atoms with van der Waals surface area (Å²) in [5.74, 6) is 1.17. The van der Waals surface area contributed by atoms with Gasteiger partial charge in [0, 0.05) is 19.0 Å². The molecule has 7 heteroatoms. The number of benzene rings is 2. The predicted molar refractivity (Wildman–Crippen MR) is 105 cm³/mol. The maximum Gasteiger partial charge on any atom is 0.387 e. The molecule has 3 rings (SSSR count). The lowest BCUT2D eigenvalue weighted by Crippen LogP contribution is -2.41. The quantitative estimate of drug-likeness (QED) is 0.479. The summed E-state index contributed by atoms with van der Waals surface area (Å²) in [4.78, 5) is 4.44. The van der Waals surface area contributed by atoms with Gasteiger partial charge in [-0.25, -0.2) is 0 Å². The van der Waals surface area contributed by atoms with Crippen LogP contribution in [0.2, 0.25) is 0 Å². The van der Waals surface area contributed by atoms with Gasteiger partial charge in [0.25, 0.3) is 0 Å². The van der Waals surface area contributed by atoms with Crippen molar-refractivity contribution in [2.24, 2.45) is 4.99 Å². The van der Waals surface area contributed by atoms with Crippen LogP contribution in [0.5, 0.6) is 5.75 Å². The van der Waals surface area contributed by atoms with Crippen molar-refractivity contribution in [2.45, 2.75) is 32.0 Å². The highest BCUT2D eigenvalue weighted by Crippen LogP contribution is 2.33. The minimum atomic E-state index is -2.86. The third-order valence-corrected chi connectivity index (χ3v) is 4.73. The van der Waals surface area contributed by atoms with E-state index in [-0.39, 0.29) is 12.3 Å². The third kappa shape index (κ3) is 5.19. The number of nitrogens with zero attached hydrogens (tertiary/aromatic N) is 1. The van der Waals surface area contributed by atoms with E-state index in [1.165, 1.54) is 23.3 Å². The van der Waals surface area contributed by atoms with Crippen molar-refractivity contribution < 1.29 is 18.6 Å². The molecule has 3 N–H and O–H groups in total. The Morgan fingerprint density at radius 1 is 1.18 bits per heavy atom. The summed E-state index contributed by atoms with van der Waals surface area (Å²) in [5, 5.41) is 16.8. The molecule has 0 radical (unpaired) electrons. The van der Waals surface area contributed by atoms with E-state index in [9.17, 15) is 13.9 Å². The van der Waals surface area contributed by atoms with Crippen LogP contribution in [-0.4, -0.2) is 37.3 Å². The number of ether oxygens (including phenoxy) is 1. The number of alkyl halides is 2. The predicted octanol–water partition coefficient (Wildman–Crippen LogP) is 3.22. The largest absolute Gasteiger partial charge is 0.435 e. The van der Waals surface area contributed by atoms with Gasteiger partial charge in [-0.05, 0) is 42.2 Å². The van der Waals surface area contributed by atoms with Crippen LogP contribution in [0.3, 0.4) is 0 Å². The van der Waals surface area contributed by atoms with Crippen LogP contribution >= 0.6 is 0 Å². The number of fused-ring (bicyclic) bond motifs is 1. The van der Waals surface area contributed by atoms with Crippen molar-refractivity contribution >= 4 is 5.96 Å². The molecule has 1 aliphatic rings. The van der Waals surface area contributed by atoms with Gasteiger partial charge in [0.2, 0.25) is 0 Å². The maximum absolute atomic E-state index is 12.2. The van der Waals surface area contributed by atoms with Gasteiger partial charge in [0.15, 0.2) is 5.96 Å². The first-order valence-corrected chi connectivity index (χ1v) is 9.39. The van der Waals surface area contributed by atoms with Gasteiger partial charge in [-0.2, -0.15) is 8.78 Å². The maximum atomic E-state index is 12.2. The molecule has 0 aromatic heterocycles. The van der Waals surface area contributed by atoms with E-state index in [4.69, 9.17) is 0 Å². The third-order valence-electron chi connectivity index (χ3n) is 4.73. The van der Waals surface area contributed by atoms with E-state index in [2.05, 4.69) is 44.6 Å². The number of aliphatic hydroxyl groups excluding tert-OH is 1. The average molecular weight is 389 g/mol. The van der Waals surface area contributed by atoms with Gasteiger partial charge in [0.05, 0.1) is 12.6 Å². The van der Waals surface area contributed by atoms with Crippen molar-refractivity contribution in [1.82, 2.24) is 10.6 Å². The molecule has 0 spiro atoms. The molecular formula is C21H25F2N3O2. The van der Waals surface area contributed by atoms with Crippen LogP contribution in [0.1, 0.15) is 35.6 Å². The van der Waals surface area contributed by atoms with Crippen LogP contribution in [0.4, 0.5) is 8.78 Å². The summed E-state index contributed by atoms with van der Waals surface area (Å²) >= 11 is 0. The molecule has 2 aromatic rings. The van der Waals surface area contributed by atoms with E-state index in [0.717, 1.165) is 13.0 Å². The molecule has 2 aromatic carbocycles. The van der Waals surface area contributed by atoms with Crippen LogP contribution in [-0.2, 0) is 6.42 Å². The summed E-state index contributed by atoms with van der Waals surface area (Å²) in [6, 6.07) is 14.4. The Bertz CT molecular complexity index is 796. The topological polar surface area (TPSA) is 65.9 Å². The van der Waals surface area contributed by atoms with E-state index in [1.807, 2.05) is 6.92 Å². The second kappa shape index (κ2) is 9.50. The van der Waals surface area contributed by atoms with Crippen LogP contribution in [0, 0.1) is 0 Å². The first-order chi connectivity index (χ1) is 13.6. The van der Waals surface area contributed by atoms with Crippen LogP contribution in [0.25, 0.3) is 0 Å². The minimum absolute atomic E-state index is 0.0604. The number of hydrogen-bond donors (Lipinski definition) is 3. The number of hydrogen-bond acceptors (Lipinski definition) is 3. The van der Waals surface area contributed by atoms with E-state index >= 15 is 0 Å². The SMILES string of the molecule is CCNC(=NCC(O)c1ccc(OC(F)F)cc1)NCC1Cc2ccccc21. The van der Waals surface area contributed by atoms with Gasteiger partial charge < -0.3 is 20.5 Å². The van der Waals surface area contributed by atoms with Crippen molar-refractivity contribution in [2.75, 3.05) is 19.6 Å². The monoisotopic (exact) mass is 389 g/mol. The second-order valence-electron chi connectivity index (χ2n) is 6.66. The zero-order valence-electron chi connectivity index (χ0n) is 15.7. The van der Waals surface area contributed by atoms with Gasteiger partial charge in [-0.3, -0.25) is 4.99 Å². The van der Waals surface area contributed by atoms with Crippen molar-refractivity contribution in [1.29, 1.82) is 0 Å². The fraction of sp³-hybridized carbons (Fsp3) is 0.381. The zero-order chi connectivity index (χ0) is 19.9. The molecule has 5 nitrogen and oxygen atoms in total. The highest BCUT2D eigenvalue weighted by Gasteiger charge is 2.25. The van der Waals surface area contributed by atoms with Crippen molar-refractivity contribution in [3.63, 3.8) is 0 Å². The summed E-state index contributed by atoms with van der Waals surface area (Å²) in [7, 11) is 0. The standard InChI is InChI=1S/C21H25F2N3O2/c1-2-24-21(25-12-16-11-15-5-3-4-6-18(15)16)26-13-19(27)14-7-9-17(10-8-14)28-20(22)23/h3-10,16,19-20,27H,2,11-13H2,1H3,(H2,24,25,26). The molecule has 0 bridgehead atoms. The van der Waals surface area contributed by atoms with E-state index in [0.29, 0.717) is 24.0 Å². The summed E-state index contributed by atoms with van der Waals surface area (Å²) in [6.45, 7) is 0.762. The first kappa shape index (κ1) is 20.1. The molecule has 0 saturated heterocycles. The molecule has 1 aliphatic carbocycles. The molecule has 0 amide bonds. The Morgan fingerprint density at radius 2 is 1.93 bits per heavy atom. The zero-order valence-corrected chi connectivity index (χ0v) is 15.7. The molecule has 0 aliphatic heterocycles. The molecule has 0 heterocycles. The fourth-order valence-corrected chi connectivity index (χ4v) is 3.26. The smallest absolute Gasteiger partial charge is 0.387 e. The molecule has 28 heavy (non-hydrogen) atoms. The molecule has 150 valence electrons. The molecule has 2 unspecified atom stereocenters. The Hall–Kier alpha value is -2.67. The number of rotatable bonds is 8. The summed E-state index contributed by atoms with van der Waals surface area (Å²) in [5.41, 5.74) is 3.36. The van der Waals surface area contributed by atoms with Crippen LogP contribution < -0.4 is 15.4 Å². The average Bonchev–Trinajstić information content (AvgIpc) is 2.66. The summed E-state index contributed by atoms with van der Waals surface area (Å²) < 4.78 is 28.7. The van der Waals surface area contributed by atoms with Gasteiger partial charge >= 0.3 is 6.61 Å². The van der Waals surface area contributed by atoms with Gasteiger partial charge in [0.1, 0.15) is 5.75 Å². The summed E-state index contributed by atoms with van der Waals surface area (Å²) in [6.07, 6.45) is 0.221. The highest BCUT2D eigenvalue weighted by molar-refractivity contribution is 5.79. The molecular weight excluding hydrogens is 364 g/mol. The number of aliphatic imine (C=N–C) groups is 1. The molecule has 0 saturated carbocycles. The van der Waals surface area contributed by atoms with E-state index in [1.54, 1.807) is 12.1 Å². The highest BCUT2D eigenvalue weighted by atomic mass is 19.3. The Labute approximate surface area is 163 Å². The molecule has 2 atom stereocenters. The number of guanidine groups is 1. The van der Waals surface area contributed by atoms with Gasteiger partial charge in [-0.15, -0.1) is 0 Å². The number of aliphatic hydroxyl groups is 1. The minimum Gasteiger partial charge on any atom is -0.435 e. The Kier molecular flexibility index (Phi) is 6.81. The Morgan fingerprint density at radius 3 is 2.61 bits per heavy atom. The van der Waals surface area contributed by atoms with Gasteiger partial charge in [-0.1, -0.05) is 36.4 Å². The van der Waals surface area contributed by atoms with Crippen LogP contribution in [0.15, 0.2) is 53.5 Å². The first-order valence-electron chi connectivity index (χ1n) is 9.39. The van der Waals surface area contributed by atoms with Crippen molar-refractivity contribution in [3.05, 3.63) is 65.2 Å². The number of nitrogens with one attached hydrogen (secondary N) is 2. The van der Waals surface area contributed by atoms with Crippen molar-refractivity contribution in [3.8, 4) is 5.75 Å². The lowest BCUT2D eigenvalue weighted by Gasteiger charge is -2.30. The lowest BCUT2D eigenvalue weighted by molar-refractivity contribution is -0.0498. The lowest BCUT2D eigenvalue weighted by atomic mass is 9.78. The number of halogens is 2. The van der Waals surface area contributed by atoms with E-state index < -0.39 is 12.7 Å². The fourth-order valence-electron chi connectivity index (χ4n) is 3.26. The molecule has 0 fully saturated rings. The Balaban J connectivity index is 1.53. The second-order valence-corrected chi connectivity index (χ2v) is 6.66.